The van der Waals surface area contributed by atoms with Crippen LogP contribution in [0.3, 0.4) is 0 Å². The zero-order valence-corrected chi connectivity index (χ0v) is 50.8. The lowest BCUT2D eigenvalue weighted by Gasteiger charge is -2.42. The molecule has 1 amide bonds. The van der Waals surface area contributed by atoms with Crippen molar-refractivity contribution in [3.63, 3.8) is 0 Å². The number of pyridine rings is 1. The minimum atomic E-state index is -3.57. The Morgan fingerprint density at radius 1 is 0.873 bits per heavy atom. The van der Waals surface area contributed by atoms with Gasteiger partial charge in [-0.15, -0.1) is 0 Å². The summed E-state index contributed by atoms with van der Waals surface area (Å²) >= 11 is 0. The lowest BCUT2D eigenvalue weighted by Crippen LogP contribution is -2.55. The van der Waals surface area contributed by atoms with Gasteiger partial charge in [-0.25, -0.2) is 9.18 Å². The second kappa shape index (κ2) is 26.1. The number of aromatic carboxylic acids is 1. The molecule has 2 heterocycles. The van der Waals surface area contributed by atoms with Crippen LogP contribution < -0.4 is 30.4 Å². The number of aldehydes is 1. The summed E-state index contributed by atoms with van der Waals surface area (Å²) in [5, 5.41) is 10.5. The third-order valence-corrected chi connectivity index (χ3v) is 22.3. The van der Waals surface area contributed by atoms with E-state index in [0.717, 1.165) is 30.0 Å². The van der Waals surface area contributed by atoms with Crippen molar-refractivity contribution in [3.8, 4) is 11.5 Å². The maximum Gasteiger partial charge on any atom is 0.341 e. The summed E-state index contributed by atoms with van der Waals surface area (Å²) in [6.45, 7) is 24.4. The summed E-state index contributed by atoms with van der Waals surface area (Å²) in [6.07, 6.45) is 3.70. The second-order valence-electron chi connectivity index (χ2n) is 22.0. The maximum absolute atomic E-state index is 16.0. The van der Waals surface area contributed by atoms with Crippen LogP contribution in [0, 0.1) is 18.7 Å². The Labute approximate surface area is 463 Å². The number of carboxylic acid groups (broad SMARTS) is 1. The molecule has 3 atom stereocenters. The number of ketones is 1. The second-order valence-corrected chi connectivity index (χ2v) is 30.1. The van der Waals surface area contributed by atoms with Crippen LogP contribution in [0.5, 0.6) is 11.5 Å². The number of carboxylic acids is 1. The van der Waals surface area contributed by atoms with Crippen LogP contribution >= 0.6 is 22.1 Å². The number of piperazine rings is 1. The van der Waals surface area contributed by atoms with Gasteiger partial charge in [0.1, 0.15) is 42.1 Å². The molecule has 3 aromatic carbocycles. The number of amides is 1. The van der Waals surface area contributed by atoms with Crippen molar-refractivity contribution >= 4 is 79.2 Å². The van der Waals surface area contributed by atoms with E-state index in [9.17, 15) is 47.6 Å². The van der Waals surface area contributed by atoms with Crippen molar-refractivity contribution in [2.75, 3.05) is 70.2 Å². The van der Waals surface area contributed by atoms with Crippen LogP contribution in [-0.2, 0) is 57.3 Å². The van der Waals surface area contributed by atoms with Gasteiger partial charge in [0, 0.05) is 72.3 Å². The summed E-state index contributed by atoms with van der Waals surface area (Å²) in [4.78, 5) is 78.1. The number of benzene rings is 3. The highest BCUT2D eigenvalue weighted by atomic mass is 31.2. The van der Waals surface area contributed by atoms with Gasteiger partial charge < -0.3 is 51.9 Å². The van der Waals surface area contributed by atoms with Gasteiger partial charge in [0.05, 0.1) is 49.9 Å². The summed E-state index contributed by atoms with van der Waals surface area (Å²) in [5.74, 6) is -3.05. The molecule has 0 radical (unpaired) electrons. The highest BCUT2D eigenvalue weighted by Gasteiger charge is 2.41. The number of ether oxygens (including phenoxy) is 2. The standard InChI is InChI=1S/C37H45FN3O9P.C20H34O6P2/c1-21(2)36(47)50-29-11-10-24(51(7,48)15-14-42)16-27(29)37(4,5)18-30(43)40-13-12-39(19-22(40)3)32-28(38)17-25-31(34(32)49-6)41(23-8-9-23)20-26(33(25)44)35(45)46;1-8-24-27(22,15-28(23,25-9-2)26-10-3)18-12-11-16(4)19(13-18)20(6,7)14-17(5)21/h10-11,14,16-17,20-23H,8-9,12-13,15,18-19H2,1-7H3,(H,45,46);11-13H,8-10,14-15H2,1-7H3. The van der Waals surface area contributed by atoms with Crippen LogP contribution in [0.2, 0.25) is 0 Å². The molecule has 1 N–H and O–H groups in total. The van der Waals surface area contributed by atoms with E-state index in [1.54, 1.807) is 80.2 Å². The first-order valence-electron chi connectivity index (χ1n) is 26.7. The Morgan fingerprint density at radius 3 is 2.00 bits per heavy atom. The number of rotatable bonds is 24. The Morgan fingerprint density at radius 2 is 1.47 bits per heavy atom. The molecule has 18 nitrogen and oxygen atoms in total. The van der Waals surface area contributed by atoms with Crippen molar-refractivity contribution in [1.29, 1.82) is 0 Å². The average molecular weight is 1160 g/mol. The normalized spacial score (nSPS) is 16.6. The predicted molar refractivity (Wildman–Crippen MR) is 306 cm³/mol. The van der Waals surface area contributed by atoms with E-state index < -0.39 is 67.6 Å². The molecule has 1 saturated heterocycles. The molecule has 79 heavy (non-hydrogen) atoms. The quantitative estimate of drug-likeness (QED) is 0.0297. The molecule has 4 aromatic rings. The summed E-state index contributed by atoms with van der Waals surface area (Å²) in [7, 11) is -8.74. The van der Waals surface area contributed by atoms with E-state index in [0.29, 0.717) is 34.4 Å². The molecule has 0 bridgehead atoms. The number of aryl methyl sites for hydroxylation is 1. The molecule has 3 unspecified atom stereocenters. The zero-order chi connectivity index (χ0) is 59.2. The smallest absolute Gasteiger partial charge is 0.341 e. The van der Waals surface area contributed by atoms with Gasteiger partial charge in [-0.05, 0) is 114 Å². The molecule has 6 rings (SSSR count). The lowest BCUT2D eigenvalue weighted by molar-refractivity contribution is -0.137. The van der Waals surface area contributed by atoms with Crippen LogP contribution in [0.25, 0.3) is 10.9 Å². The number of methoxy groups -OCH3 is 1. The third kappa shape index (κ3) is 15.2. The number of halogens is 1. The van der Waals surface area contributed by atoms with Crippen molar-refractivity contribution < 1.29 is 70.2 Å². The SMILES string of the molecule is CCOP(=O)(CP(=O)(OCC)c1ccc(C)c(C(C)(C)CC(C)=O)c1)OCC.COc1c(N2CCN(C(=O)CC(C)(C)c3cc(P(C)(=O)CC=O)ccc3OC(=O)C(C)C)C(C)C2)c(F)cc2c(=O)c(C(=O)O)cn(C3CC3)c12. The van der Waals surface area contributed by atoms with Crippen molar-refractivity contribution in [2.45, 2.75) is 132 Å². The molecule has 1 aliphatic heterocycles. The number of aromatic nitrogens is 1. The number of esters is 1. The van der Waals surface area contributed by atoms with Crippen LogP contribution in [0.4, 0.5) is 10.1 Å². The molecular weight excluding hydrogens is 1080 g/mol. The first-order chi connectivity index (χ1) is 36.8. The number of Topliss-reactive ketones (excluding diaryl/α,β-unsaturated/α-hetero) is 1. The molecule has 22 heteroatoms. The summed E-state index contributed by atoms with van der Waals surface area (Å²) in [6, 6.07) is 10.9. The van der Waals surface area contributed by atoms with Crippen LogP contribution in [-0.4, -0.2) is 116 Å². The summed E-state index contributed by atoms with van der Waals surface area (Å²) in [5.41, 5.74) is 0.348. The molecular formula is C57H79FN3O15P3. The fourth-order valence-electron chi connectivity index (χ4n) is 10.1. The molecule has 1 aliphatic carbocycles. The molecule has 1 saturated carbocycles. The van der Waals surface area contributed by atoms with E-state index in [-0.39, 0.29) is 104 Å². The average Bonchev–Trinajstić information content (AvgIpc) is 4.35. The molecule has 434 valence electrons. The predicted octanol–water partition coefficient (Wildman–Crippen LogP) is 10.4. The zero-order valence-electron chi connectivity index (χ0n) is 48.1. The fourth-order valence-corrected chi connectivity index (χ4v) is 16.9. The number of nitrogens with zero attached hydrogens (tertiary/aromatic N) is 3. The molecule has 2 fully saturated rings. The molecule has 2 aliphatic rings. The number of anilines is 1. The number of carbonyl (C=O) groups is 5. The largest absolute Gasteiger partial charge is 0.492 e. The topological polar surface area (TPSA) is 231 Å². The highest BCUT2D eigenvalue weighted by Crippen LogP contribution is 2.63. The van der Waals surface area contributed by atoms with E-state index >= 15 is 4.39 Å². The first-order valence-corrected chi connectivity index (χ1v) is 32.5. The fraction of sp³-hybridized carbons (Fsp3) is 0.544. The minimum absolute atomic E-state index is 0.00194. The van der Waals surface area contributed by atoms with E-state index in [1.807, 2.05) is 53.7 Å². The van der Waals surface area contributed by atoms with Gasteiger partial charge in [-0.2, -0.15) is 0 Å². The van der Waals surface area contributed by atoms with E-state index in [2.05, 4.69) is 0 Å². The monoisotopic (exact) mass is 1160 g/mol. The number of carbonyl (C=O) groups excluding carboxylic acids is 4. The first kappa shape index (κ1) is 64.5. The van der Waals surface area contributed by atoms with E-state index in [4.69, 9.17) is 23.0 Å². The molecule has 1 aromatic heterocycles. The van der Waals surface area contributed by atoms with Gasteiger partial charge in [0.25, 0.3) is 0 Å². The van der Waals surface area contributed by atoms with Gasteiger partial charge in [-0.3, -0.25) is 28.3 Å². The molecule has 0 spiro atoms. The van der Waals surface area contributed by atoms with E-state index in [1.165, 1.54) is 20.0 Å². The van der Waals surface area contributed by atoms with Crippen molar-refractivity contribution in [3.05, 3.63) is 87.0 Å². The van der Waals surface area contributed by atoms with Crippen molar-refractivity contribution in [2.24, 2.45) is 5.92 Å². The van der Waals surface area contributed by atoms with Gasteiger partial charge >= 0.3 is 19.5 Å². The lowest BCUT2D eigenvalue weighted by atomic mass is 9.78. The van der Waals surface area contributed by atoms with Crippen LogP contribution in [0.15, 0.2) is 53.5 Å². The van der Waals surface area contributed by atoms with Crippen molar-refractivity contribution in [1.82, 2.24) is 9.47 Å². The van der Waals surface area contributed by atoms with Crippen LogP contribution in [0.1, 0.15) is 135 Å². The third-order valence-electron chi connectivity index (χ3n) is 14.2. The van der Waals surface area contributed by atoms with Gasteiger partial charge in [-0.1, -0.05) is 47.6 Å². The number of hydrogen-bond donors (Lipinski definition) is 1. The Balaban J connectivity index is 0.000000348. The van der Waals surface area contributed by atoms with Gasteiger partial charge in [0.2, 0.25) is 18.7 Å². The minimum Gasteiger partial charge on any atom is -0.492 e. The Hall–Kier alpha value is -5.28. The number of hydrogen-bond acceptors (Lipinski definition) is 15. The maximum atomic E-state index is 16.0. The Bertz CT molecular complexity index is 3160. The van der Waals surface area contributed by atoms with Gasteiger partial charge in [0.15, 0.2) is 11.6 Å². The highest BCUT2D eigenvalue weighted by molar-refractivity contribution is 7.78. The number of fused-ring (bicyclic) bond motifs is 1. The summed E-state index contributed by atoms with van der Waals surface area (Å²) < 4.78 is 85.6. The Kier molecular flexibility index (Phi) is 21.3.